The zero-order chi connectivity index (χ0) is 19.6. The second-order valence-electron chi connectivity index (χ2n) is 7.85. The predicted octanol–water partition coefficient (Wildman–Crippen LogP) is 3.47. The molecule has 2 aromatic rings. The van der Waals surface area contributed by atoms with Gasteiger partial charge in [0, 0.05) is 26.2 Å². The summed E-state index contributed by atoms with van der Waals surface area (Å²) in [6.07, 6.45) is 1.41. The van der Waals surface area contributed by atoms with E-state index in [1.54, 1.807) is 12.0 Å². The van der Waals surface area contributed by atoms with Crippen LogP contribution >= 0.6 is 0 Å². The number of benzene rings is 1. The number of carbonyl (C=O) groups is 1. The van der Waals surface area contributed by atoms with Crippen molar-refractivity contribution in [3.63, 3.8) is 0 Å². The Morgan fingerprint density at radius 1 is 1.15 bits per heavy atom. The molecule has 1 amide bonds. The number of ether oxygens (including phenoxy) is 2. The van der Waals surface area contributed by atoms with Gasteiger partial charge in [-0.3, -0.25) is 0 Å². The van der Waals surface area contributed by atoms with Gasteiger partial charge >= 0.3 is 6.09 Å². The number of nitrogens with zero attached hydrogens (tertiary/aromatic N) is 4. The lowest BCUT2D eigenvalue weighted by Gasteiger charge is -2.37. The Morgan fingerprint density at radius 2 is 1.74 bits per heavy atom. The predicted molar refractivity (Wildman–Crippen MR) is 105 cm³/mol. The van der Waals surface area contributed by atoms with Crippen LogP contribution in [-0.2, 0) is 4.74 Å². The zero-order valence-electron chi connectivity index (χ0n) is 16.7. The van der Waals surface area contributed by atoms with E-state index in [1.165, 1.54) is 0 Å². The third kappa shape index (κ3) is 4.40. The van der Waals surface area contributed by atoms with Gasteiger partial charge in [-0.15, -0.1) is 0 Å². The number of aromatic nitrogens is 2. The highest BCUT2D eigenvalue weighted by molar-refractivity contribution is 5.77. The number of carbonyl (C=O) groups excluding carboxylic acids is 1. The van der Waals surface area contributed by atoms with Gasteiger partial charge in [0.15, 0.2) is 5.82 Å². The summed E-state index contributed by atoms with van der Waals surface area (Å²) in [5.74, 6) is 1.29. The summed E-state index contributed by atoms with van der Waals surface area (Å²) in [6.45, 7) is 7.20. The number of methoxy groups -OCH3 is 1. The Kier molecular flexibility index (Phi) is 5.39. The summed E-state index contributed by atoms with van der Waals surface area (Å²) in [7, 11) is 3.43. The molecule has 1 aliphatic heterocycles. The number of hydrogen-bond donors (Lipinski definition) is 0. The molecule has 2 heterocycles. The fraction of sp³-hybridized carbons (Fsp3) is 0.550. The first kappa shape index (κ1) is 19.2. The maximum absolute atomic E-state index is 12.3. The van der Waals surface area contributed by atoms with E-state index in [0.717, 1.165) is 42.8 Å². The van der Waals surface area contributed by atoms with Gasteiger partial charge in [-0.1, -0.05) is 12.1 Å². The lowest BCUT2D eigenvalue weighted by Crippen LogP contribution is -2.47. The molecule has 3 rings (SSSR count). The van der Waals surface area contributed by atoms with Gasteiger partial charge in [-0.05, 0) is 45.7 Å². The van der Waals surface area contributed by atoms with E-state index in [1.807, 2.05) is 52.1 Å². The van der Waals surface area contributed by atoms with Crippen LogP contribution in [0.5, 0.6) is 5.88 Å². The summed E-state index contributed by atoms with van der Waals surface area (Å²) in [5.41, 5.74) is 1.18. The monoisotopic (exact) mass is 372 g/mol. The van der Waals surface area contributed by atoms with Crippen molar-refractivity contribution in [1.82, 2.24) is 14.9 Å². The van der Waals surface area contributed by atoms with Crippen LogP contribution in [0, 0.1) is 0 Å². The highest BCUT2D eigenvalue weighted by atomic mass is 16.6. The molecule has 146 valence electrons. The van der Waals surface area contributed by atoms with E-state index in [4.69, 9.17) is 14.5 Å². The van der Waals surface area contributed by atoms with Gasteiger partial charge in [0.25, 0.3) is 5.88 Å². The van der Waals surface area contributed by atoms with Crippen molar-refractivity contribution in [2.75, 3.05) is 32.1 Å². The largest absolute Gasteiger partial charge is 0.478 e. The molecule has 7 nitrogen and oxygen atoms in total. The highest BCUT2D eigenvalue weighted by Gasteiger charge is 2.30. The minimum atomic E-state index is -0.486. The smallest absolute Gasteiger partial charge is 0.410 e. The SMILES string of the molecule is COc1nc2ccccc2nc1N1CCC(N(C)C(=O)OC(C)(C)C)CC1. The molecule has 0 atom stereocenters. The maximum atomic E-state index is 12.3. The van der Waals surface area contributed by atoms with Crippen LogP contribution in [0.15, 0.2) is 24.3 Å². The van der Waals surface area contributed by atoms with Crippen molar-refractivity contribution in [3.05, 3.63) is 24.3 Å². The van der Waals surface area contributed by atoms with Gasteiger partial charge in [-0.2, -0.15) is 0 Å². The standard InChI is InChI=1S/C20H28N4O3/c1-20(2,3)27-19(25)23(4)14-10-12-24(13-11-14)17-18(26-5)22-16-9-7-6-8-15(16)21-17/h6-9,14H,10-13H2,1-5H3. The van der Waals surface area contributed by atoms with Crippen molar-refractivity contribution >= 4 is 22.9 Å². The number of piperidine rings is 1. The van der Waals surface area contributed by atoms with Gasteiger partial charge in [0.2, 0.25) is 0 Å². The number of fused-ring (bicyclic) bond motifs is 1. The van der Waals surface area contributed by atoms with Gasteiger partial charge in [0.05, 0.1) is 18.1 Å². The number of hydrogen-bond acceptors (Lipinski definition) is 6. The molecule has 1 aromatic heterocycles. The maximum Gasteiger partial charge on any atom is 0.410 e. The molecule has 7 heteroatoms. The molecule has 0 unspecified atom stereocenters. The summed E-state index contributed by atoms with van der Waals surface area (Å²) >= 11 is 0. The van der Waals surface area contributed by atoms with Crippen LogP contribution in [0.1, 0.15) is 33.6 Å². The molecule has 0 saturated carbocycles. The van der Waals surface area contributed by atoms with Gasteiger partial charge in [0.1, 0.15) is 5.60 Å². The first-order chi connectivity index (χ1) is 12.8. The molecule has 0 radical (unpaired) electrons. The van der Waals surface area contributed by atoms with Crippen molar-refractivity contribution < 1.29 is 14.3 Å². The summed E-state index contributed by atoms with van der Waals surface area (Å²) in [4.78, 5) is 25.5. The summed E-state index contributed by atoms with van der Waals surface area (Å²) in [6, 6.07) is 7.92. The Balaban J connectivity index is 1.70. The van der Waals surface area contributed by atoms with Crippen LogP contribution in [0.4, 0.5) is 10.6 Å². The van der Waals surface area contributed by atoms with Gasteiger partial charge < -0.3 is 19.3 Å². The second-order valence-corrected chi connectivity index (χ2v) is 7.85. The molecule has 27 heavy (non-hydrogen) atoms. The molecule has 1 aliphatic rings. The molecule has 1 fully saturated rings. The average molecular weight is 372 g/mol. The Bertz CT molecular complexity index is 810. The average Bonchev–Trinajstić information content (AvgIpc) is 2.65. The fourth-order valence-electron chi connectivity index (χ4n) is 3.27. The molecule has 0 bridgehead atoms. The van der Waals surface area contributed by atoms with Crippen molar-refractivity contribution in [2.24, 2.45) is 0 Å². The minimum Gasteiger partial charge on any atom is -0.478 e. The minimum absolute atomic E-state index is 0.149. The number of para-hydroxylation sites is 2. The van der Waals surface area contributed by atoms with E-state index in [2.05, 4.69) is 9.88 Å². The molecule has 0 N–H and O–H groups in total. The van der Waals surface area contributed by atoms with E-state index in [0.29, 0.717) is 5.88 Å². The van der Waals surface area contributed by atoms with Gasteiger partial charge in [-0.25, -0.2) is 14.8 Å². The lowest BCUT2D eigenvalue weighted by molar-refractivity contribution is 0.0200. The molecule has 0 aliphatic carbocycles. The topological polar surface area (TPSA) is 67.8 Å². The van der Waals surface area contributed by atoms with Crippen LogP contribution in [-0.4, -0.2) is 59.9 Å². The van der Waals surface area contributed by atoms with Crippen LogP contribution in [0.25, 0.3) is 11.0 Å². The first-order valence-corrected chi connectivity index (χ1v) is 9.30. The Labute approximate surface area is 160 Å². The molecule has 1 aromatic carbocycles. The quantitative estimate of drug-likeness (QED) is 0.822. The molecule has 0 spiro atoms. The summed E-state index contributed by atoms with van der Waals surface area (Å²) < 4.78 is 11.0. The highest BCUT2D eigenvalue weighted by Crippen LogP contribution is 2.30. The van der Waals surface area contributed by atoms with Crippen LogP contribution in [0.3, 0.4) is 0 Å². The fourth-order valence-corrected chi connectivity index (χ4v) is 3.27. The van der Waals surface area contributed by atoms with Crippen molar-refractivity contribution in [2.45, 2.75) is 45.3 Å². The third-order valence-electron chi connectivity index (χ3n) is 4.71. The van der Waals surface area contributed by atoms with Crippen molar-refractivity contribution in [3.8, 4) is 5.88 Å². The number of amides is 1. The Hall–Kier alpha value is -2.57. The molecular formula is C20H28N4O3. The third-order valence-corrected chi connectivity index (χ3v) is 4.71. The van der Waals surface area contributed by atoms with Crippen molar-refractivity contribution in [1.29, 1.82) is 0 Å². The van der Waals surface area contributed by atoms with Crippen LogP contribution in [0.2, 0.25) is 0 Å². The normalized spacial score (nSPS) is 15.7. The van der Waals surface area contributed by atoms with E-state index < -0.39 is 5.60 Å². The number of anilines is 1. The lowest BCUT2D eigenvalue weighted by atomic mass is 10.0. The first-order valence-electron chi connectivity index (χ1n) is 9.30. The molecular weight excluding hydrogens is 344 g/mol. The van der Waals surface area contributed by atoms with E-state index in [-0.39, 0.29) is 12.1 Å². The number of rotatable bonds is 3. The zero-order valence-corrected chi connectivity index (χ0v) is 16.7. The molecule has 1 saturated heterocycles. The second kappa shape index (κ2) is 7.58. The van der Waals surface area contributed by atoms with E-state index in [9.17, 15) is 4.79 Å². The Morgan fingerprint density at radius 3 is 2.30 bits per heavy atom. The van der Waals surface area contributed by atoms with E-state index >= 15 is 0 Å². The summed E-state index contributed by atoms with van der Waals surface area (Å²) in [5, 5.41) is 0. The van der Waals surface area contributed by atoms with Crippen LogP contribution < -0.4 is 9.64 Å².